The Labute approximate surface area is 159 Å². The van der Waals surface area contributed by atoms with Gasteiger partial charge in [-0.15, -0.1) is 21.5 Å². The van der Waals surface area contributed by atoms with E-state index >= 15 is 0 Å². The molecule has 0 bridgehead atoms. The number of hydrogen-bond acceptors (Lipinski definition) is 6. The number of aromatic nitrogens is 3. The molecule has 7 heteroatoms. The van der Waals surface area contributed by atoms with Gasteiger partial charge in [0.2, 0.25) is 11.8 Å². The molecule has 0 aliphatic rings. The standard InChI is InChI=1S/C20H16N4O2S/c1-12-3-5-15(6-4-12)18-23-24-19(26-18)16-9-7-14(8-10-16)17(25)22-20-21-11-13(2)27-20/h3-11H,1-2H3,(H,21,22,25). The molecule has 1 amide bonds. The van der Waals surface area contributed by atoms with Crippen LogP contribution < -0.4 is 5.32 Å². The number of anilines is 1. The fourth-order valence-electron chi connectivity index (χ4n) is 2.50. The number of rotatable bonds is 4. The van der Waals surface area contributed by atoms with Crippen LogP contribution in [0, 0.1) is 13.8 Å². The molecule has 0 atom stereocenters. The second-order valence-electron chi connectivity index (χ2n) is 6.09. The minimum absolute atomic E-state index is 0.207. The Hall–Kier alpha value is -3.32. The van der Waals surface area contributed by atoms with Crippen LogP contribution in [0.5, 0.6) is 0 Å². The minimum Gasteiger partial charge on any atom is -0.416 e. The molecule has 4 rings (SSSR count). The number of benzene rings is 2. The summed E-state index contributed by atoms with van der Waals surface area (Å²) in [5, 5.41) is 11.6. The van der Waals surface area contributed by atoms with Gasteiger partial charge in [0, 0.05) is 27.8 Å². The highest BCUT2D eigenvalue weighted by atomic mass is 32.1. The fraction of sp³-hybridized carbons (Fsp3) is 0.100. The molecule has 0 saturated carbocycles. The van der Waals surface area contributed by atoms with E-state index < -0.39 is 0 Å². The van der Waals surface area contributed by atoms with E-state index in [2.05, 4.69) is 20.5 Å². The van der Waals surface area contributed by atoms with E-state index in [0.29, 0.717) is 22.5 Å². The highest BCUT2D eigenvalue weighted by Gasteiger charge is 2.12. The molecule has 27 heavy (non-hydrogen) atoms. The maximum absolute atomic E-state index is 12.3. The summed E-state index contributed by atoms with van der Waals surface area (Å²) in [4.78, 5) is 17.5. The Balaban J connectivity index is 1.50. The molecule has 2 aromatic carbocycles. The Kier molecular flexibility index (Phi) is 4.52. The number of nitrogens with one attached hydrogen (secondary N) is 1. The van der Waals surface area contributed by atoms with Crippen LogP contribution in [0.15, 0.2) is 59.1 Å². The lowest BCUT2D eigenvalue weighted by atomic mass is 10.1. The van der Waals surface area contributed by atoms with Gasteiger partial charge in [0.25, 0.3) is 5.91 Å². The van der Waals surface area contributed by atoms with Crippen LogP contribution in [0.25, 0.3) is 22.9 Å². The van der Waals surface area contributed by atoms with E-state index in [1.807, 2.05) is 38.1 Å². The third-order valence-electron chi connectivity index (χ3n) is 3.96. The second-order valence-corrected chi connectivity index (χ2v) is 7.32. The van der Waals surface area contributed by atoms with E-state index in [1.54, 1.807) is 30.5 Å². The van der Waals surface area contributed by atoms with Gasteiger partial charge in [-0.05, 0) is 50.2 Å². The largest absolute Gasteiger partial charge is 0.416 e. The van der Waals surface area contributed by atoms with E-state index in [4.69, 9.17) is 4.42 Å². The number of carbonyl (C=O) groups excluding carboxylic acids is 1. The lowest BCUT2D eigenvalue weighted by Gasteiger charge is -2.02. The van der Waals surface area contributed by atoms with Gasteiger partial charge in [0.1, 0.15) is 0 Å². The molecule has 0 spiro atoms. The van der Waals surface area contributed by atoms with Crippen LogP contribution in [0.4, 0.5) is 5.13 Å². The van der Waals surface area contributed by atoms with E-state index in [0.717, 1.165) is 16.0 Å². The fourth-order valence-corrected chi connectivity index (χ4v) is 3.16. The number of carbonyl (C=O) groups is 1. The first-order valence-corrected chi connectivity index (χ1v) is 9.15. The number of amides is 1. The van der Waals surface area contributed by atoms with Gasteiger partial charge in [0.15, 0.2) is 5.13 Å². The van der Waals surface area contributed by atoms with Crippen molar-refractivity contribution in [2.75, 3.05) is 5.32 Å². The first-order chi connectivity index (χ1) is 13.1. The molecule has 0 unspecified atom stereocenters. The molecule has 4 aromatic rings. The van der Waals surface area contributed by atoms with Crippen LogP contribution in [0.3, 0.4) is 0 Å². The van der Waals surface area contributed by atoms with Gasteiger partial charge in [-0.3, -0.25) is 10.1 Å². The first kappa shape index (κ1) is 17.1. The van der Waals surface area contributed by atoms with Crippen molar-refractivity contribution < 1.29 is 9.21 Å². The van der Waals surface area contributed by atoms with Crippen LogP contribution in [-0.4, -0.2) is 21.1 Å². The van der Waals surface area contributed by atoms with Gasteiger partial charge in [0.05, 0.1) is 0 Å². The maximum atomic E-state index is 12.3. The highest BCUT2D eigenvalue weighted by molar-refractivity contribution is 7.15. The maximum Gasteiger partial charge on any atom is 0.257 e. The van der Waals surface area contributed by atoms with Crippen molar-refractivity contribution in [3.8, 4) is 22.9 Å². The summed E-state index contributed by atoms with van der Waals surface area (Å²) < 4.78 is 5.76. The minimum atomic E-state index is -0.207. The summed E-state index contributed by atoms with van der Waals surface area (Å²) in [5.74, 6) is 0.667. The molecule has 134 valence electrons. The summed E-state index contributed by atoms with van der Waals surface area (Å²) >= 11 is 1.44. The number of thiazole rings is 1. The number of hydrogen-bond donors (Lipinski definition) is 1. The van der Waals surface area contributed by atoms with Gasteiger partial charge >= 0.3 is 0 Å². The van der Waals surface area contributed by atoms with Crippen molar-refractivity contribution in [1.29, 1.82) is 0 Å². The topological polar surface area (TPSA) is 80.9 Å². The monoisotopic (exact) mass is 376 g/mol. The quantitative estimate of drug-likeness (QED) is 0.557. The average Bonchev–Trinajstić information content (AvgIpc) is 3.32. The van der Waals surface area contributed by atoms with Crippen molar-refractivity contribution in [3.05, 3.63) is 70.7 Å². The van der Waals surface area contributed by atoms with E-state index in [1.165, 1.54) is 16.9 Å². The normalized spacial score (nSPS) is 10.7. The summed E-state index contributed by atoms with van der Waals surface area (Å²) in [7, 11) is 0. The van der Waals surface area contributed by atoms with Crippen molar-refractivity contribution in [2.24, 2.45) is 0 Å². The molecule has 0 aliphatic heterocycles. The van der Waals surface area contributed by atoms with Crippen molar-refractivity contribution in [1.82, 2.24) is 15.2 Å². The van der Waals surface area contributed by atoms with Gasteiger partial charge in [-0.1, -0.05) is 17.7 Å². The van der Waals surface area contributed by atoms with Crippen LogP contribution in [0.2, 0.25) is 0 Å². The predicted octanol–water partition coefficient (Wildman–Crippen LogP) is 4.73. The Bertz CT molecular complexity index is 1080. The van der Waals surface area contributed by atoms with Crippen LogP contribution in [-0.2, 0) is 0 Å². The summed E-state index contributed by atoms with van der Waals surface area (Å²) in [5.41, 5.74) is 3.32. The molecule has 0 radical (unpaired) electrons. The third-order valence-corrected chi connectivity index (χ3v) is 4.79. The van der Waals surface area contributed by atoms with Crippen molar-refractivity contribution in [2.45, 2.75) is 13.8 Å². The molecule has 2 heterocycles. The van der Waals surface area contributed by atoms with Crippen LogP contribution >= 0.6 is 11.3 Å². The van der Waals surface area contributed by atoms with E-state index in [9.17, 15) is 4.79 Å². The van der Waals surface area contributed by atoms with Crippen molar-refractivity contribution in [3.63, 3.8) is 0 Å². The highest BCUT2D eigenvalue weighted by Crippen LogP contribution is 2.25. The second kappa shape index (κ2) is 7.13. The van der Waals surface area contributed by atoms with Gasteiger partial charge < -0.3 is 4.42 Å². The Morgan fingerprint density at radius 3 is 2.07 bits per heavy atom. The summed E-state index contributed by atoms with van der Waals surface area (Å²) in [6, 6.07) is 14.9. The first-order valence-electron chi connectivity index (χ1n) is 8.33. The number of nitrogens with zero attached hydrogens (tertiary/aromatic N) is 3. The Morgan fingerprint density at radius 2 is 1.52 bits per heavy atom. The molecule has 2 aromatic heterocycles. The zero-order valence-electron chi connectivity index (χ0n) is 14.8. The molecule has 0 aliphatic carbocycles. The Morgan fingerprint density at radius 1 is 0.926 bits per heavy atom. The van der Waals surface area contributed by atoms with Gasteiger partial charge in [-0.2, -0.15) is 0 Å². The molecule has 6 nitrogen and oxygen atoms in total. The number of aryl methyl sites for hydroxylation is 2. The van der Waals surface area contributed by atoms with Crippen molar-refractivity contribution >= 4 is 22.4 Å². The zero-order chi connectivity index (χ0) is 18.8. The SMILES string of the molecule is Cc1ccc(-c2nnc(-c3ccc(C(=O)Nc4ncc(C)s4)cc3)o2)cc1. The smallest absolute Gasteiger partial charge is 0.257 e. The average molecular weight is 376 g/mol. The van der Waals surface area contributed by atoms with Crippen LogP contribution in [0.1, 0.15) is 20.8 Å². The molecular formula is C20H16N4O2S. The molecule has 0 saturated heterocycles. The van der Waals surface area contributed by atoms with E-state index in [-0.39, 0.29) is 5.91 Å². The third kappa shape index (κ3) is 3.78. The summed E-state index contributed by atoms with van der Waals surface area (Å²) in [6.45, 7) is 3.97. The lowest BCUT2D eigenvalue weighted by molar-refractivity contribution is 0.102. The van der Waals surface area contributed by atoms with Gasteiger partial charge in [-0.25, -0.2) is 4.98 Å². The molecular weight excluding hydrogens is 360 g/mol. The molecule has 1 N–H and O–H groups in total. The molecule has 0 fully saturated rings. The lowest BCUT2D eigenvalue weighted by Crippen LogP contribution is -2.11. The predicted molar refractivity (Wildman–Crippen MR) is 105 cm³/mol. The zero-order valence-corrected chi connectivity index (χ0v) is 15.6. The summed E-state index contributed by atoms with van der Waals surface area (Å²) in [6.07, 6.45) is 1.73.